The first-order valence-electron chi connectivity index (χ1n) is 49.0. The minimum atomic E-state index is -6.65. The van der Waals surface area contributed by atoms with Crippen molar-refractivity contribution >= 4 is 61.7 Å². The molecule has 0 saturated heterocycles. The third-order valence-corrected chi connectivity index (χ3v) is 22.1. The fourth-order valence-electron chi connectivity index (χ4n) is 12.9. The van der Waals surface area contributed by atoms with Crippen molar-refractivity contribution in [2.45, 2.75) is 78.6 Å². The van der Waals surface area contributed by atoms with Crippen LogP contribution in [0.3, 0.4) is 0 Å². The van der Waals surface area contributed by atoms with Gasteiger partial charge in [0.1, 0.15) is 17.3 Å². The lowest BCUT2D eigenvalue weighted by molar-refractivity contribution is -0.571. The normalized spacial score (nSPS) is 16.6. The summed E-state index contributed by atoms with van der Waals surface area (Å²) >= 11 is 0. The van der Waals surface area contributed by atoms with Gasteiger partial charge in [0.2, 0.25) is 0 Å². The van der Waals surface area contributed by atoms with Gasteiger partial charge >= 0.3 is 0 Å². The summed E-state index contributed by atoms with van der Waals surface area (Å²) in [4.78, 5) is 4.88. The number of nitrogens with zero attached hydrogens (tertiary/aromatic N) is 4. The van der Waals surface area contributed by atoms with E-state index in [0.717, 1.165) is 38.5 Å². The van der Waals surface area contributed by atoms with Crippen LogP contribution in [-0.4, -0.2) is 22.2 Å². The Labute approximate surface area is 645 Å². The topological polar surface area (TPSA) is 35.9 Å². The first kappa shape index (κ1) is 38.2. The predicted molar refractivity (Wildman–Crippen MR) is 429 cm³/mol. The van der Waals surface area contributed by atoms with E-state index in [-0.39, 0.29) is 27.9 Å². The van der Waals surface area contributed by atoms with Crippen molar-refractivity contribution in [3.8, 4) is 84.3 Å². The first-order valence-corrected chi connectivity index (χ1v) is 35.0. The number of pyridine rings is 1. The summed E-state index contributed by atoms with van der Waals surface area (Å²) in [6, 6.07) is 3.02. The Morgan fingerprint density at radius 1 is 0.382 bits per heavy atom. The summed E-state index contributed by atoms with van der Waals surface area (Å²) in [5, 5.41) is -2.85. The molecule has 5 nitrogen and oxygen atoms in total. The summed E-state index contributed by atoms with van der Waals surface area (Å²) in [5.74, 6) is 1.23. The lowest BCUT2D eigenvalue weighted by Gasteiger charge is -2.34. The molecule has 0 saturated carbocycles. The number of ether oxygens (including phenoxy) is 1. The molecule has 0 unspecified atom stereocenters. The molecule has 102 heavy (non-hydrogen) atoms. The maximum absolute atomic E-state index is 11.3. The van der Waals surface area contributed by atoms with Crippen LogP contribution < -0.4 is 30.1 Å². The fourth-order valence-corrected chi connectivity index (χ4v) is 16.5. The minimum absolute atomic E-state index is 0.0636. The van der Waals surface area contributed by atoms with Gasteiger partial charge in [0, 0.05) is 23.0 Å². The molecule has 0 spiro atoms. The van der Waals surface area contributed by atoms with Gasteiger partial charge in [-0.1, -0.05) is 310 Å². The molecule has 0 N–H and O–H groups in total. The molecule has 0 atom stereocenters. The number of benzene rings is 13. The number of rotatable bonds is 14. The smallest absolute Gasteiger partial charge is 0.269 e. The zero-order chi connectivity index (χ0) is 97.8. The number of hydrogen-bond donors (Lipinski definition) is 0. The van der Waals surface area contributed by atoms with E-state index in [9.17, 15) is 31.5 Å². The monoisotopic (exact) mass is 1370 g/mol. The van der Waals surface area contributed by atoms with Gasteiger partial charge in [-0.2, -0.15) is 0 Å². The van der Waals surface area contributed by atoms with E-state index in [1.165, 1.54) is 22.8 Å². The van der Waals surface area contributed by atoms with Crippen LogP contribution >= 0.6 is 0 Å². The van der Waals surface area contributed by atoms with E-state index >= 15 is 0 Å². The molecule has 0 aliphatic heterocycles. The summed E-state index contributed by atoms with van der Waals surface area (Å²) in [7, 11) is -6.65. The Hall–Kier alpha value is -11.7. The fraction of sp³-hybridized carbons (Fsp3) is 0.125. The number of imidazole rings is 1. The Kier molecular flexibility index (Phi) is 9.78. The molecule has 6 heteroatoms. The summed E-state index contributed by atoms with van der Waals surface area (Å²) < 4.78 is 321. The molecule has 0 radical (unpaired) electrons. The maximum Gasteiger partial charge on any atom is 0.269 e. The van der Waals surface area contributed by atoms with Crippen molar-refractivity contribution < 1.29 is 53.2 Å². The molecule has 16 rings (SSSR count). The van der Waals surface area contributed by atoms with E-state index in [4.69, 9.17) is 22.1 Å². The van der Waals surface area contributed by atoms with Gasteiger partial charge in [0.05, 0.1) is 77.3 Å². The van der Waals surface area contributed by atoms with Gasteiger partial charge in [-0.3, -0.25) is 13.7 Å². The molecule has 3 heterocycles. The van der Waals surface area contributed by atoms with Gasteiger partial charge in [-0.05, 0) is 182 Å². The Balaban J connectivity index is 1.11. The number of hydrogen-bond acceptors (Lipinski definition) is 2. The van der Waals surface area contributed by atoms with Gasteiger partial charge in [0.15, 0.2) is 8.07 Å². The summed E-state index contributed by atoms with van der Waals surface area (Å²) in [6.45, 7) is 18.7. The lowest BCUT2D eigenvalue weighted by atomic mass is 9.79. The molecule has 0 aliphatic rings. The maximum atomic E-state index is 11.3. The second-order valence-corrected chi connectivity index (χ2v) is 31.3. The number of aromatic nitrogens is 4. The number of fused-ring (bicyclic) bond motifs is 4. The van der Waals surface area contributed by atoms with Crippen molar-refractivity contribution in [1.82, 2.24) is 14.1 Å². The van der Waals surface area contributed by atoms with Gasteiger partial charge in [0.25, 0.3) is 6.33 Å². The van der Waals surface area contributed by atoms with Crippen LogP contribution in [0.2, 0.25) is 0 Å². The van der Waals surface area contributed by atoms with E-state index in [0.29, 0.717) is 22.7 Å². The Morgan fingerprint density at radius 2 is 0.912 bits per heavy atom. The summed E-state index contributed by atoms with van der Waals surface area (Å²) in [5.41, 5.74) is -1.50. The van der Waals surface area contributed by atoms with Crippen molar-refractivity contribution in [2.75, 3.05) is 0 Å². The Bertz CT molecular complexity index is 7400. The first-order chi connectivity index (χ1) is 62.7. The highest BCUT2D eigenvalue weighted by molar-refractivity contribution is 7.20. The third-order valence-electron chi connectivity index (χ3n) is 18.1. The minimum Gasteiger partial charge on any atom is -0.458 e. The highest BCUT2D eigenvalue weighted by Gasteiger charge is 2.42. The molecule has 13 aromatic carbocycles. The van der Waals surface area contributed by atoms with Crippen LogP contribution in [0, 0.1) is 6.33 Å². The molecule has 0 fully saturated rings. The standard InChI is InChI=1S/C96H82N4OSi/c1-94(2,3)74-52-53-97-92(62-74)100-88-47-26-25-44-86(88)87-50-49-79(64-90(87)100)101-78-36-28-35-77(63-78)98-65-99(89-51-48-68(60-91(89)98)72-57-75(95(4,5)6)61-76(58-72)96(7,8)9)93-84(45-29-46-85(93)73-55-70(66-30-15-10-16-31-66)54-71(56-73)67-32-17-11-18-33-67)69-34-27-43-83(59-69)102(80-37-19-12-20-38-80,81-39-21-13-22-40-81)82-41-23-14-24-42-82/h10-64H,1-9H3/i10D,11D,12D,13D,14D,15D,16D,17D,18D,19D,20D,21D,22D,23D,24D,27D,30D,31D,32D,33D,34D,37D,38D,39D,40D,41D,42D,43D,54D,55D,56D,59D. The summed E-state index contributed by atoms with van der Waals surface area (Å²) in [6.07, 6.45) is 5.26. The molecule has 16 aromatic rings. The van der Waals surface area contributed by atoms with Crippen LogP contribution in [0.1, 0.15) is 123 Å². The second-order valence-electron chi connectivity index (χ2n) is 27.8. The quantitative estimate of drug-likeness (QED) is 0.0471. The van der Waals surface area contributed by atoms with Crippen LogP contribution in [0.15, 0.2) is 333 Å². The zero-order valence-corrected chi connectivity index (χ0v) is 58.0. The predicted octanol–water partition coefficient (Wildman–Crippen LogP) is 21.6. The Morgan fingerprint density at radius 3 is 1.52 bits per heavy atom. The van der Waals surface area contributed by atoms with Crippen molar-refractivity contribution in [3.63, 3.8) is 0 Å². The van der Waals surface area contributed by atoms with Crippen molar-refractivity contribution in [2.24, 2.45) is 0 Å². The van der Waals surface area contributed by atoms with Crippen molar-refractivity contribution in [1.29, 1.82) is 0 Å². The lowest BCUT2D eigenvalue weighted by Crippen LogP contribution is -2.74. The average molecular weight is 1370 g/mol. The van der Waals surface area contributed by atoms with Crippen LogP contribution in [-0.2, 0) is 16.2 Å². The third kappa shape index (κ3) is 12.2. The second kappa shape index (κ2) is 26.1. The molecule has 0 aliphatic carbocycles. The van der Waals surface area contributed by atoms with E-state index in [1.807, 2.05) is 72.8 Å². The molecule has 3 aromatic heterocycles. The van der Waals surface area contributed by atoms with Crippen LogP contribution in [0.25, 0.3) is 106 Å². The van der Waals surface area contributed by atoms with E-state index < -0.39 is 283 Å². The molecule has 0 bridgehead atoms. The van der Waals surface area contributed by atoms with Crippen LogP contribution in [0.4, 0.5) is 0 Å². The van der Waals surface area contributed by atoms with Gasteiger partial charge in [-0.25, -0.2) is 4.98 Å². The average Bonchev–Trinajstić information content (AvgIpc) is 0.980. The highest BCUT2D eigenvalue weighted by atomic mass is 28.3. The van der Waals surface area contributed by atoms with Crippen molar-refractivity contribution in [3.05, 3.63) is 356 Å². The van der Waals surface area contributed by atoms with E-state index in [2.05, 4.69) is 79.3 Å². The number of para-hydroxylation sites is 2. The van der Waals surface area contributed by atoms with Gasteiger partial charge in [-0.15, -0.1) is 0 Å². The molecular weight excluding hydrogens is 1250 g/mol. The SMILES string of the molecule is [2H]c1c([2H])c([2H])c(-c2c([2H])c(-c3cccc(-c4c([2H])c([2H])c([2H])c([Si](c5c([2H])c([2H])c([2H])c([2H])c5[2H])(c5c([2H])c([2H])c([2H])c([2H])c5[2H])c5c([2H])c([2H])c([2H])c([2H])c5[2H])c4[2H])c3-[n+]3[c-]n(-c4cccc(Oc5ccc6c7ccccc7n(-c7cc(C(C)(C)C)ccn7)c6c5)c4)c4cc(-c5cc(C(C)(C)C)cc(C(C)(C)C)c5)ccc43)c([2H])c(-c3c([2H])c([2H])c([2H])c([2H])c3[2H])c2[2H])c([2H])c1[2H]. The molecule has 0 amide bonds. The zero-order valence-electron chi connectivity index (χ0n) is 89.0. The van der Waals surface area contributed by atoms with Gasteiger partial charge < -0.3 is 4.74 Å². The van der Waals surface area contributed by atoms with E-state index in [1.54, 1.807) is 47.2 Å². The largest absolute Gasteiger partial charge is 0.458 e. The highest BCUT2D eigenvalue weighted by Crippen LogP contribution is 2.42. The van der Waals surface area contributed by atoms with Crippen LogP contribution in [0.5, 0.6) is 11.5 Å². The molecule has 496 valence electrons. The molecular formula is C96H82N4OSi.